The van der Waals surface area contributed by atoms with E-state index in [0.29, 0.717) is 6.61 Å². The summed E-state index contributed by atoms with van der Waals surface area (Å²) in [5, 5.41) is 12.0. The van der Waals surface area contributed by atoms with Gasteiger partial charge in [0.15, 0.2) is 0 Å². The minimum Gasteiger partial charge on any atom is -0.481 e. The number of benzene rings is 1. The first-order chi connectivity index (χ1) is 8.86. The minimum atomic E-state index is 0.286. The van der Waals surface area contributed by atoms with Crippen LogP contribution in [-0.2, 0) is 6.54 Å². The molecule has 0 fully saturated rings. The van der Waals surface area contributed by atoms with E-state index >= 15 is 0 Å². The molecule has 0 aliphatic heterocycles. The largest absolute Gasteiger partial charge is 0.481 e. The van der Waals surface area contributed by atoms with Crippen LogP contribution in [0.2, 0.25) is 0 Å². The molecule has 18 heavy (non-hydrogen) atoms. The van der Waals surface area contributed by atoms with E-state index in [9.17, 15) is 0 Å². The van der Waals surface area contributed by atoms with E-state index in [-0.39, 0.29) is 6.61 Å². The molecule has 3 heteroatoms. The fourth-order valence-corrected chi connectivity index (χ4v) is 1.64. The molecule has 98 valence electrons. The van der Waals surface area contributed by atoms with Crippen molar-refractivity contribution in [3.05, 3.63) is 29.8 Å². The molecule has 0 spiro atoms. The fraction of sp³-hybridized carbons (Fsp3) is 0.467. The number of hydrogen-bond donors (Lipinski definition) is 2. The van der Waals surface area contributed by atoms with Gasteiger partial charge in [0.05, 0.1) is 0 Å². The molecule has 0 radical (unpaired) electrons. The Morgan fingerprint density at radius 2 is 2.17 bits per heavy atom. The van der Waals surface area contributed by atoms with Crippen molar-refractivity contribution in [1.82, 2.24) is 5.32 Å². The van der Waals surface area contributed by atoms with Gasteiger partial charge in [-0.05, 0) is 43.5 Å². The second-order valence-electron chi connectivity index (χ2n) is 4.10. The van der Waals surface area contributed by atoms with Gasteiger partial charge in [0, 0.05) is 13.2 Å². The molecule has 2 N–H and O–H groups in total. The summed E-state index contributed by atoms with van der Waals surface area (Å²) in [6.07, 6.45) is 8.19. The van der Waals surface area contributed by atoms with Gasteiger partial charge in [-0.15, -0.1) is 6.42 Å². The maximum absolute atomic E-state index is 8.65. The van der Waals surface area contributed by atoms with Crippen LogP contribution in [0.4, 0.5) is 0 Å². The monoisotopic (exact) mass is 247 g/mol. The number of aliphatic hydroxyl groups is 1. The van der Waals surface area contributed by atoms with Crippen molar-refractivity contribution in [1.29, 1.82) is 0 Å². The normalized spacial score (nSPS) is 10.0. The molecule has 3 nitrogen and oxygen atoms in total. The minimum absolute atomic E-state index is 0.286. The number of aliphatic hydroxyl groups excluding tert-OH is 1. The van der Waals surface area contributed by atoms with Gasteiger partial charge in [-0.25, -0.2) is 0 Å². The lowest BCUT2D eigenvalue weighted by Crippen LogP contribution is -2.14. The summed E-state index contributed by atoms with van der Waals surface area (Å²) < 4.78 is 5.36. The van der Waals surface area contributed by atoms with Gasteiger partial charge in [0.2, 0.25) is 0 Å². The van der Waals surface area contributed by atoms with Gasteiger partial charge >= 0.3 is 0 Å². The molecule has 0 amide bonds. The van der Waals surface area contributed by atoms with E-state index in [2.05, 4.69) is 17.3 Å². The first-order valence-corrected chi connectivity index (χ1v) is 6.33. The topological polar surface area (TPSA) is 41.5 Å². The Labute approximate surface area is 109 Å². The van der Waals surface area contributed by atoms with E-state index < -0.39 is 0 Å². The summed E-state index contributed by atoms with van der Waals surface area (Å²) in [5.74, 6) is 3.26. The summed E-state index contributed by atoms with van der Waals surface area (Å²) in [4.78, 5) is 0. The molecule has 1 aromatic carbocycles. The highest BCUT2D eigenvalue weighted by Gasteiger charge is 1.96. The van der Waals surface area contributed by atoms with E-state index in [1.807, 2.05) is 18.2 Å². The summed E-state index contributed by atoms with van der Waals surface area (Å²) in [6.45, 7) is 2.38. The van der Waals surface area contributed by atoms with Gasteiger partial charge in [0.1, 0.15) is 12.4 Å². The second-order valence-corrected chi connectivity index (χ2v) is 4.10. The molecule has 0 aliphatic carbocycles. The highest BCUT2D eigenvalue weighted by atomic mass is 16.5. The third-order valence-corrected chi connectivity index (χ3v) is 2.56. The molecule has 1 rings (SSSR count). The Kier molecular flexibility index (Phi) is 7.70. The lowest BCUT2D eigenvalue weighted by atomic mass is 10.2. The van der Waals surface area contributed by atoms with Crippen LogP contribution in [0.3, 0.4) is 0 Å². The maximum atomic E-state index is 8.65. The number of nitrogens with one attached hydrogen (secondary N) is 1. The molecule has 0 bridgehead atoms. The van der Waals surface area contributed by atoms with E-state index in [0.717, 1.165) is 38.1 Å². The predicted molar refractivity (Wildman–Crippen MR) is 73.4 cm³/mol. The number of ether oxygens (including phenoxy) is 1. The molecule has 0 unspecified atom stereocenters. The molecular formula is C15H21NO2. The average molecular weight is 247 g/mol. The Morgan fingerprint density at radius 1 is 1.28 bits per heavy atom. The van der Waals surface area contributed by atoms with Crippen molar-refractivity contribution in [2.75, 3.05) is 19.8 Å². The van der Waals surface area contributed by atoms with E-state index in [4.69, 9.17) is 16.3 Å². The quantitative estimate of drug-likeness (QED) is 0.517. The zero-order valence-corrected chi connectivity index (χ0v) is 10.7. The van der Waals surface area contributed by atoms with Crippen molar-refractivity contribution in [2.45, 2.75) is 25.8 Å². The number of hydrogen-bond acceptors (Lipinski definition) is 3. The van der Waals surface area contributed by atoms with E-state index in [1.165, 1.54) is 5.56 Å². The summed E-state index contributed by atoms with van der Waals surface area (Å²) in [5.41, 5.74) is 1.19. The first-order valence-electron chi connectivity index (χ1n) is 6.33. The SMILES string of the molecule is C#CCOc1cccc(CNCCCCCO)c1. The van der Waals surface area contributed by atoms with Crippen LogP contribution in [0.25, 0.3) is 0 Å². The summed E-state index contributed by atoms with van der Waals surface area (Å²) in [6, 6.07) is 7.93. The third-order valence-electron chi connectivity index (χ3n) is 2.56. The number of rotatable bonds is 9. The van der Waals surface area contributed by atoms with Crippen molar-refractivity contribution in [3.63, 3.8) is 0 Å². The maximum Gasteiger partial charge on any atom is 0.148 e. The molecular weight excluding hydrogens is 226 g/mol. The van der Waals surface area contributed by atoms with Gasteiger partial charge in [-0.2, -0.15) is 0 Å². The van der Waals surface area contributed by atoms with Crippen molar-refractivity contribution in [2.24, 2.45) is 0 Å². The predicted octanol–water partition coefficient (Wildman–Crippen LogP) is 1.95. The van der Waals surface area contributed by atoms with Gasteiger partial charge in [-0.3, -0.25) is 0 Å². The summed E-state index contributed by atoms with van der Waals surface area (Å²) in [7, 11) is 0. The number of unbranched alkanes of at least 4 members (excludes halogenated alkanes) is 2. The molecule has 1 aromatic rings. The smallest absolute Gasteiger partial charge is 0.148 e. The molecule has 0 saturated heterocycles. The average Bonchev–Trinajstić information content (AvgIpc) is 2.41. The lowest BCUT2D eigenvalue weighted by molar-refractivity contribution is 0.283. The van der Waals surface area contributed by atoms with Crippen LogP contribution in [0, 0.1) is 12.3 Å². The molecule has 0 aliphatic rings. The third kappa shape index (κ3) is 6.29. The molecule has 0 aromatic heterocycles. The van der Waals surface area contributed by atoms with Gasteiger partial charge < -0.3 is 15.2 Å². The van der Waals surface area contributed by atoms with Crippen molar-refractivity contribution in [3.8, 4) is 18.1 Å². The highest BCUT2D eigenvalue weighted by molar-refractivity contribution is 5.28. The van der Waals surface area contributed by atoms with Crippen LogP contribution >= 0.6 is 0 Å². The first kappa shape index (κ1) is 14.6. The van der Waals surface area contributed by atoms with E-state index in [1.54, 1.807) is 0 Å². The molecule has 0 saturated carbocycles. The lowest BCUT2D eigenvalue weighted by Gasteiger charge is -2.07. The van der Waals surface area contributed by atoms with Crippen molar-refractivity contribution < 1.29 is 9.84 Å². The highest BCUT2D eigenvalue weighted by Crippen LogP contribution is 2.12. The van der Waals surface area contributed by atoms with Crippen LogP contribution in [0.1, 0.15) is 24.8 Å². The summed E-state index contributed by atoms with van der Waals surface area (Å²) >= 11 is 0. The fourth-order valence-electron chi connectivity index (χ4n) is 1.64. The van der Waals surface area contributed by atoms with Gasteiger partial charge in [-0.1, -0.05) is 18.1 Å². The second kappa shape index (κ2) is 9.52. The molecule has 0 atom stereocenters. The van der Waals surface area contributed by atoms with Crippen LogP contribution in [0.15, 0.2) is 24.3 Å². The Bertz CT molecular complexity index is 371. The van der Waals surface area contributed by atoms with Gasteiger partial charge in [0.25, 0.3) is 0 Å². The Morgan fingerprint density at radius 3 is 2.94 bits per heavy atom. The molecule has 0 heterocycles. The number of terminal acetylenes is 1. The van der Waals surface area contributed by atoms with Crippen LogP contribution in [-0.4, -0.2) is 24.9 Å². The standard InChI is InChI=1S/C15H21NO2/c1-2-11-18-15-8-6-7-14(12-15)13-16-9-4-3-5-10-17/h1,6-8,12,16-17H,3-5,9-11,13H2. The Balaban J connectivity index is 2.23. The Hall–Kier alpha value is -1.50. The van der Waals surface area contributed by atoms with Crippen LogP contribution < -0.4 is 10.1 Å². The van der Waals surface area contributed by atoms with Crippen molar-refractivity contribution >= 4 is 0 Å². The van der Waals surface area contributed by atoms with Crippen LogP contribution in [0.5, 0.6) is 5.75 Å². The zero-order valence-electron chi connectivity index (χ0n) is 10.7. The zero-order chi connectivity index (χ0) is 13.1.